The standard InChI is InChI=1S/C39H68N2O3S/c1-27(2)29-11-18-39(21-22-40-23-26-41-24-14-28(15-25-41)45(8,43)44)20-19-37(6)30(34(29)39)9-10-32-36(5)16-13-33(42)35(3,4)31(36)12-17-38(32,37)7/h28-34,40,42H,1,9-26H2,2-8H3/t29-,30+,31-,32+,33-,34+,36-,37+,38+,39+/m0/s1. The molecule has 45 heavy (non-hydrogen) atoms. The molecule has 0 amide bonds. The second-order valence-electron chi connectivity index (χ2n) is 18.8. The number of hydrogen-bond donors (Lipinski definition) is 2. The fourth-order valence-corrected chi connectivity index (χ4v) is 15.0. The van der Waals surface area contributed by atoms with Crippen molar-refractivity contribution in [2.75, 3.05) is 39.0 Å². The van der Waals surface area contributed by atoms with E-state index >= 15 is 0 Å². The Labute approximate surface area is 277 Å². The first-order valence-corrected chi connectivity index (χ1v) is 20.9. The van der Waals surface area contributed by atoms with Crippen LogP contribution in [0.5, 0.6) is 0 Å². The molecule has 5 aliphatic carbocycles. The molecule has 6 aliphatic rings. The van der Waals surface area contributed by atoms with Gasteiger partial charge in [0.25, 0.3) is 0 Å². The number of aliphatic hydroxyl groups excluding tert-OH is 1. The summed E-state index contributed by atoms with van der Waals surface area (Å²) in [5.74, 6) is 3.61. The van der Waals surface area contributed by atoms with Gasteiger partial charge in [-0.05, 0) is 167 Å². The van der Waals surface area contributed by atoms with Crippen molar-refractivity contribution >= 4 is 9.84 Å². The Kier molecular flexibility index (Phi) is 9.08. The van der Waals surface area contributed by atoms with Gasteiger partial charge < -0.3 is 15.3 Å². The molecule has 0 aromatic rings. The number of likely N-dealkylation sites (tertiary alicyclic amines) is 1. The molecular formula is C39H68N2O3S. The maximum atomic E-state index is 12.0. The van der Waals surface area contributed by atoms with Gasteiger partial charge in [0.2, 0.25) is 0 Å². The first-order chi connectivity index (χ1) is 21.0. The van der Waals surface area contributed by atoms with Crippen LogP contribution in [0.3, 0.4) is 0 Å². The van der Waals surface area contributed by atoms with E-state index in [0.29, 0.717) is 33.5 Å². The van der Waals surface area contributed by atoms with Crippen LogP contribution in [0.1, 0.15) is 125 Å². The second-order valence-corrected chi connectivity index (χ2v) is 21.1. The van der Waals surface area contributed by atoms with Crippen LogP contribution < -0.4 is 5.32 Å². The molecule has 258 valence electrons. The van der Waals surface area contributed by atoms with Crippen LogP contribution in [0, 0.1) is 56.7 Å². The summed E-state index contributed by atoms with van der Waals surface area (Å²) in [5.41, 5.74) is 2.98. The van der Waals surface area contributed by atoms with Gasteiger partial charge >= 0.3 is 0 Å². The van der Waals surface area contributed by atoms with Crippen molar-refractivity contribution in [1.82, 2.24) is 10.2 Å². The molecule has 6 rings (SSSR count). The molecule has 1 heterocycles. The fourth-order valence-electron chi connectivity index (χ4n) is 14.0. The smallest absolute Gasteiger partial charge is 0.150 e. The van der Waals surface area contributed by atoms with Crippen LogP contribution >= 0.6 is 0 Å². The van der Waals surface area contributed by atoms with E-state index in [4.69, 9.17) is 0 Å². The summed E-state index contributed by atoms with van der Waals surface area (Å²) in [4.78, 5) is 2.46. The van der Waals surface area contributed by atoms with E-state index in [2.05, 4.69) is 58.3 Å². The maximum absolute atomic E-state index is 12.0. The van der Waals surface area contributed by atoms with Gasteiger partial charge in [-0.1, -0.05) is 46.8 Å². The molecule has 5 saturated carbocycles. The summed E-state index contributed by atoms with van der Waals surface area (Å²) in [6, 6.07) is 0. The Bertz CT molecular complexity index is 1220. The Morgan fingerprint density at radius 1 is 0.844 bits per heavy atom. The minimum absolute atomic E-state index is 0.0177. The van der Waals surface area contributed by atoms with Gasteiger partial charge in [0.1, 0.15) is 9.84 Å². The highest BCUT2D eigenvalue weighted by Gasteiger charge is 2.70. The molecule has 10 atom stereocenters. The van der Waals surface area contributed by atoms with E-state index in [1.807, 2.05) is 0 Å². The zero-order chi connectivity index (χ0) is 32.6. The third-order valence-electron chi connectivity index (χ3n) is 16.8. The molecule has 6 fully saturated rings. The summed E-state index contributed by atoms with van der Waals surface area (Å²) in [5, 5.41) is 14.8. The van der Waals surface area contributed by atoms with Crippen LogP contribution in [0.2, 0.25) is 0 Å². The van der Waals surface area contributed by atoms with Gasteiger partial charge in [0, 0.05) is 19.3 Å². The molecule has 0 spiro atoms. The summed E-state index contributed by atoms with van der Waals surface area (Å²) in [6.45, 7) is 24.7. The van der Waals surface area contributed by atoms with Crippen LogP contribution in [-0.2, 0) is 9.84 Å². The number of fused-ring (bicyclic) bond motifs is 7. The Morgan fingerprint density at radius 3 is 2.22 bits per heavy atom. The average Bonchev–Trinajstić information content (AvgIpc) is 3.35. The average molecular weight is 645 g/mol. The molecule has 5 nitrogen and oxygen atoms in total. The third kappa shape index (κ3) is 5.45. The first kappa shape index (κ1) is 34.4. The Morgan fingerprint density at radius 2 is 1.56 bits per heavy atom. The fraction of sp³-hybridized carbons (Fsp3) is 0.949. The van der Waals surface area contributed by atoms with Gasteiger partial charge in [-0.15, -0.1) is 0 Å². The Balaban J connectivity index is 1.14. The third-order valence-corrected chi connectivity index (χ3v) is 18.4. The van der Waals surface area contributed by atoms with Crippen LogP contribution in [0.15, 0.2) is 12.2 Å². The quantitative estimate of drug-likeness (QED) is 0.212. The number of aliphatic hydroxyl groups is 1. The first-order valence-electron chi connectivity index (χ1n) is 18.9. The van der Waals surface area contributed by atoms with Gasteiger partial charge in [0.05, 0.1) is 11.4 Å². The lowest BCUT2D eigenvalue weighted by atomic mass is 9.32. The number of piperidine rings is 1. The SMILES string of the molecule is C=C(C)[C@@H]1CC[C@]2(CCNCCN3CCC(S(C)(=O)=O)CC3)CC[C@]3(C)[C@H](CC[C@@H]4[C@@]5(C)CC[C@H](O)C(C)(C)[C@@H]5CC[C@]43C)[C@@H]12. The highest BCUT2D eigenvalue weighted by Crippen LogP contribution is 2.77. The molecular weight excluding hydrogens is 577 g/mol. The lowest BCUT2D eigenvalue weighted by Crippen LogP contribution is -2.66. The number of nitrogens with zero attached hydrogens (tertiary/aromatic N) is 1. The van der Waals surface area contributed by atoms with Crippen LogP contribution in [0.25, 0.3) is 0 Å². The molecule has 1 aliphatic heterocycles. The summed E-state index contributed by atoms with van der Waals surface area (Å²) >= 11 is 0. The highest BCUT2D eigenvalue weighted by molar-refractivity contribution is 7.91. The second kappa shape index (κ2) is 11.9. The number of nitrogens with one attached hydrogen (secondary N) is 1. The summed E-state index contributed by atoms with van der Waals surface area (Å²) < 4.78 is 23.9. The topological polar surface area (TPSA) is 69.6 Å². The number of allylic oxidation sites excluding steroid dienone is 1. The van der Waals surface area contributed by atoms with Crippen molar-refractivity contribution in [3.8, 4) is 0 Å². The van der Waals surface area contributed by atoms with E-state index in [0.717, 1.165) is 69.7 Å². The minimum Gasteiger partial charge on any atom is -0.393 e. The van der Waals surface area contributed by atoms with Crippen LogP contribution in [0.4, 0.5) is 0 Å². The predicted molar refractivity (Wildman–Crippen MR) is 187 cm³/mol. The number of hydrogen-bond acceptors (Lipinski definition) is 5. The van der Waals surface area contributed by atoms with E-state index in [9.17, 15) is 13.5 Å². The zero-order valence-corrected chi connectivity index (χ0v) is 30.9. The van der Waals surface area contributed by atoms with Gasteiger partial charge in [-0.2, -0.15) is 0 Å². The molecule has 1 saturated heterocycles. The highest BCUT2D eigenvalue weighted by atomic mass is 32.2. The lowest BCUT2D eigenvalue weighted by molar-refractivity contribution is -0.247. The number of rotatable bonds is 8. The van der Waals surface area contributed by atoms with Crippen molar-refractivity contribution in [2.45, 2.75) is 136 Å². The molecule has 6 heteroatoms. The normalized spacial score (nSPS) is 46.9. The van der Waals surface area contributed by atoms with Gasteiger partial charge in [0.15, 0.2) is 0 Å². The van der Waals surface area contributed by atoms with E-state index < -0.39 is 9.84 Å². The zero-order valence-electron chi connectivity index (χ0n) is 30.1. The van der Waals surface area contributed by atoms with Gasteiger partial charge in [-0.25, -0.2) is 8.42 Å². The molecule has 0 unspecified atom stereocenters. The van der Waals surface area contributed by atoms with Crippen molar-refractivity contribution < 1.29 is 13.5 Å². The predicted octanol–water partition coefficient (Wildman–Crippen LogP) is 7.49. The van der Waals surface area contributed by atoms with E-state index in [-0.39, 0.29) is 16.8 Å². The summed E-state index contributed by atoms with van der Waals surface area (Å²) in [7, 11) is -2.91. The largest absolute Gasteiger partial charge is 0.393 e. The van der Waals surface area contributed by atoms with E-state index in [1.54, 1.807) is 0 Å². The van der Waals surface area contributed by atoms with Crippen LogP contribution in [-0.4, -0.2) is 68.8 Å². The van der Waals surface area contributed by atoms with E-state index in [1.165, 1.54) is 76.0 Å². The van der Waals surface area contributed by atoms with Gasteiger partial charge in [-0.3, -0.25) is 0 Å². The van der Waals surface area contributed by atoms with Crippen molar-refractivity contribution in [2.24, 2.45) is 56.7 Å². The molecule has 0 aromatic heterocycles. The summed E-state index contributed by atoms with van der Waals surface area (Å²) in [6.07, 6.45) is 17.1. The number of sulfone groups is 1. The molecule has 0 radical (unpaired) electrons. The van der Waals surface area contributed by atoms with Crippen molar-refractivity contribution in [3.05, 3.63) is 12.2 Å². The van der Waals surface area contributed by atoms with Crippen molar-refractivity contribution in [1.29, 1.82) is 0 Å². The molecule has 0 bridgehead atoms. The Hall–Kier alpha value is -0.430. The monoisotopic (exact) mass is 644 g/mol. The minimum atomic E-state index is -2.91. The molecule has 0 aromatic carbocycles. The molecule has 2 N–H and O–H groups in total. The van der Waals surface area contributed by atoms with Crippen molar-refractivity contribution in [3.63, 3.8) is 0 Å². The maximum Gasteiger partial charge on any atom is 0.150 e. The lowest BCUT2D eigenvalue weighted by Gasteiger charge is -2.73.